The van der Waals surface area contributed by atoms with E-state index >= 15 is 0 Å². The maximum Gasteiger partial charge on any atom is 0.147 e. The van der Waals surface area contributed by atoms with Crippen LogP contribution in [-0.2, 0) is 0 Å². The molecule has 0 bridgehead atoms. The van der Waals surface area contributed by atoms with Gasteiger partial charge >= 0.3 is 0 Å². The summed E-state index contributed by atoms with van der Waals surface area (Å²) in [7, 11) is 4.20. The summed E-state index contributed by atoms with van der Waals surface area (Å²) in [4.78, 5) is 11.3. The number of anilines is 1. The minimum absolute atomic E-state index is 0.603. The quantitative estimate of drug-likeness (QED) is 0.889. The van der Waals surface area contributed by atoms with Crippen molar-refractivity contribution in [1.82, 2.24) is 15.3 Å². The predicted molar refractivity (Wildman–Crippen MR) is 75.0 cm³/mol. The average molecular weight is 248 g/mol. The first-order chi connectivity index (χ1) is 8.61. The minimum atomic E-state index is 0.603. The van der Waals surface area contributed by atoms with Crippen molar-refractivity contribution >= 4 is 5.82 Å². The van der Waals surface area contributed by atoms with E-state index in [1.807, 2.05) is 20.0 Å². The van der Waals surface area contributed by atoms with Gasteiger partial charge in [-0.25, -0.2) is 4.98 Å². The van der Waals surface area contributed by atoms with Crippen LogP contribution in [0.5, 0.6) is 0 Å². The molecule has 1 aromatic heterocycles. The van der Waals surface area contributed by atoms with Crippen molar-refractivity contribution < 1.29 is 0 Å². The van der Waals surface area contributed by atoms with Crippen LogP contribution in [0.1, 0.15) is 37.1 Å². The highest BCUT2D eigenvalue weighted by atomic mass is 15.2. The summed E-state index contributed by atoms with van der Waals surface area (Å²) in [6, 6.07) is 1.30. The molecule has 4 nitrogen and oxygen atoms in total. The molecule has 4 heteroatoms. The second-order valence-corrected chi connectivity index (χ2v) is 5.30. The fourth-order valence-electron chi connectivity index (χ4n) is 2.64. The number of hydrogen-bond acceptors (Lipinski definition) is 4. The van der Waals surface area contributed by atoms with E-state index in [2.05, 4.69) is 34.3 Å². The Morgan fingerprint density at radius 2 is 1.83 bits per heavy atom. The molecular weight excluding hydrogens is 224 g/mol. The first-order valence-corrected chi connectivity index (χ1v) is 6.82. The standard InChI is InChI=1S/C14H24N4/c1-10-11(2)17-14(9-16-10)18(4)13-7-5-12(15-3)6-8-13/h9,12-13,15H,5-8H2,1-4H3. The lowest BCUT2D eigenvalue weighted by molar-refractivity contribution is 0.350. The van der Waals surface area contributed by atoms with Crippen molar-refractivity contribution in [2.45, 2.75) is 51.6 Å². The molecule has 1 aliphatic rings. The molecule has 0 unspecified atom stereocenters. The van der Waals surface area contributed by atoms with E-state index in [9.17, 15) is 0 Å². The van der Waals surface area contributed by atoms with Crippen LogP contribution < -0.4 is 10.2 Å². The van der Waals surface area contributed by atoms with Gasteiger partial charge in [0.1, 0.15) is 5.82 Å². The maximum absolute atomic E-state index is 4.63. The van der Waals surface area contributed by atoms with Crippen LogP contribution in [-0.4, -0.2) is 36.1 Å². The molecule has 1 saturated carbocycles. The Balaban J connectivity index is 2.03. The van der Waals surface area contributed by atoms with Gasteiger partial charge in [-0.2, -0.15) is 0 Å². The highest BCUT2D eigenvalue weighted by Gasteiger charge is 2.24. The normalized spacial score (nSPS) is 24.0. The van der Waals surface area contributed by atoms with Crippen LogP contribution >= 0.6 is 0 Å². The van der Waals surface area contributed by atoms with Gasteiger partial charge in [0.15, 0.2) is 0 Å². The first kappa shape index (κ1) is 13.3. The molecule has 0 saturated heterocycles. The van der Waals surface area contributed by atoms with Gasteiger partial charge in [-0.15, -0.1) is 0 Å². The van der Waals surface area contributed by atoms with Gasteiger partial charge < -0.3 is 10.2 Å². The molecular formula is C14H24N4. The number of rotatable bonds is 3. The van der Waals surface area contributed by atoms with E-state index in [1.165, 1.54) is 25.7 Å². The fourth-order valence-corrected chi connectivity index (χ4v) is 2.64. The van der Waals surface area contributed by atoms with Gasteiger partial charge in [0.2, 0.25) is 0 Å². The van der Waals surface area contributed by atoms with Crippen LogP contribution in [0, 0.1) is 13.8 Å². The van der Waals surface area contributed by atoms with E-state index in [0.29, 0.717) is 12.1 Å². The van der Waals surface area contributed by atoms with Gasteiger partial charge in [0.25, 0.3) is 0 Å². The van der Waals surface area contributed by atoms with Crippen molar-refractivity contribution in [2.24, 2.45) is 0 Å². The molecule has 1 aromatic rings. The summed E-state index contributed by atoms with van der Waals surface area (Å²) in [5.74, 6) is 1.01. The Bertz CT molecular complexity index is 397. The molecule has 2 rings (SSSR count). The van der Waals surface area contributed by atoms with Crippen molar-refractivity contribution in [3.8, 4) is 0 Å². The number of aromatic nitrogens is 2. The Kier molecular flexibility index (Phi) is 4.17. The Hall–Kier alpha value is -1.16. The summed E-state index contributed by atoms with van der Waals surface area (Å²) in [5.41, 5.74) is 2.05. The summed E-state index contributed by atoms with van der Waals surface area (Å²) in [5, 5.41) is 3.37. The summed E-state index contributed by atoms with van der Waals surface area (Å²) < 4.78 is 0. The number of nitrogens with one attached hydrogen (secondary N) is 1. The third-order valence-electron chi connectivity index (χ3n) is 4.19. The second kappa shape index (κ2) is 5.65. The molecule has 1 fully saturated rings. The molecule has 0 aromatic carbocycles. The Morgan fingerprint density at radius 1 is 1.17 bits per heavy atom. The zero-order chi connectivity index (χ0) is 13.1. The van der Waals surface area contributed by atoms with Crippen molar-refractivity contribution in [3.63, 3.8) is 0 Å². The molecule has 0 atom stereocenters. The van der Waals surface area contributed by atoms with Crippen LogP contribution in [0.25, 0.3) is 0 Å². The first-order valence-electron chi connectivity index (χ1n) is 6.82. The Labute approximate surface area is 110 Å². The minimum Gasteiger partial charge on any atom is -0.355 e. The molecule has 1 N–H and O–H groups in total. The van der Waals surface area contributed by atoms with Gasteiger partial charge in [0.05, 0.1) is 17.6 Å². The molecule has 0 spiro atoms. The predicted octanol–water partition coefficient (Wildman–Crippen LogP) is 2.06. The summed E-state index contributed by atoms with van der Waals surface area (Å²) in [6.45, 7) is 4.03. The average Bonchev–Trinajstić information content (AvgIpc) is 2.41. The molecule has 0 amide bonds. The van der Waals surface area contributed by atoms with Gasteiger partial charge in [0, 0.05) is 19.1 Å². The van der Waals surface area contributed by atoms with Crippen molar-refractivity contribution in [2.75, 3.05) is 19.0 Å². The van der Waals surface area contributed by atoms with Gasteiger partial charge in [-0.1, -0.05) is 0 Å². The van der Waals surface area contributed by atoms with Crippen LogP contribution in [0.4, 0.5) is 5.82 Å². The monoisotopic (exact) mass is 248 g/mol. The molecule has 1 aliphatic carbocycles. The van der Waals surface area contributed by atoms with Crippen molar-refractivity contribution in [1.29, 1.82) is 0 Å². The van der Waals surface area contributed by atoms with Crippen LogP contribution in [0.15, 0.2) is 6.20 Å². The van der Waals surface area contributed by atoms with E-state index in [4.69, 9.17) is 0 Å². The second-order valence-electron chi connectivity index (χ2n) is 5.30. The molecule has 0 aliphatic heterocycles. The Morgan fingerprint density at radius 3 is 2.39 bits per heavy atom. The van der Waals surface area contributed by atoms with Gasteiger partial charge in [-0.3, -0.25) is 4.98 Å². The lowest BCUT2D eigenvalue weighted by Gasteiger charge is -2.35. The zero-order valence-corrected chi connectivity index (χ0v) is 11.9. The van der Waals surface area contributed by atoms with E-state index in [0.717, 1.165) is 17.2 Å². The fraction of sp³-hybridized carbons (Fsp3) is 0.714. The van der Waals surface area contributed by atoms with E-state index < -0.39 is 0 Å². The highest BCUT2D eigenvalue weighted by Crippen LogP contribution is 2.25. The maximum atomic E-state index is 4.63. The highest BCUT2D eigenvalue weighted by molar-refractivity contribution is 5.38. The van der Waals surface area contributed by atoms with Crippen LogP contribution in [0.3, 0.4) is 0 Å². The van der Waals surface area contributed by atoms with Gasteiger partial charge in [-0.05, 0) is 46.6 Å². The smallest absolute Gasteiger partial charge is 0.147 e. The zero-order valence-electron chi connectivity index (χ0n) is 11.9. The molecule has 18 heavy (non-hydrogen) atoms. The van der Waals surface area contributed by atoms with Crippen molar-refractivity contribution in [3.05, 3.63) is 17.6 Å². The van der Waals surface area contributed by atoms with Crippen LogP contribution in [0.2, 0.25) is 0 Å². The summed E-state index contributed by atoms with van der Waals surface area (Å²) in [6.07, 6.45) is 6.87. The van der Waals surface area contributed by atoms with E-state index in [1.54, 1.807) is 0 Å². The molecule has 0 radical (unpaired) electrons. The molecule has 100 valence electrons. The number of hydrogen-bond donors (Lipinski definition) is 1. The SMILES string of the molecule is CNC1CCC(N(C)c2cnc(C)c(C)n2)CC1. The molecule has 1 heterocycles. The largest absolute Gasteiger partial charge is 0.355 e. The summed E-state index contributed by atoms with van der Waals surface area (Å²) >= 11 is 0. The third kappa shape index (κ3) is 2.80. The topological polar surface area (TPSA) is 41.0 Å². The third-order valence-corrected chi connectivity index (χ3v) is 4.19. The number of nitrogens with zero attached hydrogens (tertiary/aromatic N) is 3. The van der Waals surface area contributed by atoms with E-state index in [-0.39, 0.29) is 0 Å². The number of aryl methyl sites for hydroxylation is 2. The lowest BCUT2D eigenvalue weighted by atomic mass is 9.90. The lowest BCUT2D eigenvalue weighted by Crippen LogP contribution is -2.40.